The Balaban J connectivity index is 2.15. The molecule has 1 atom stereocenters. The first-order valence-corrected chi connectivity index (χ1v) is 7.24. The number of hydrogen-bond acceptors (Lipinski definition) is 2. The lowest BCUT2D eigenvalue weighted by molar-refractivity contribution is 0.219. The van der Waals surface area contributed by atoms with Gasteiger partial charge in [-0.05, 0) is 42.4 Å². The zero-order valence-electron chi connectivity index (χ0n) is 10.7. The Bertz CT molecular complexity index is 416. The molecule has 4 heteroatoms. The van der Waals surface area contributed by atoms with E-state index in [4.69, 9.17) is 5.84 Å². The molecule has 1 unspecified atom stereocenters. The van der Waals surface area contributed by atoms with E-state index in [2.05, 4.69) is 28.3 Å². The van der Waals surface area contributed by atoms with Crippen molar-refractivity contribution in [3.05, 3.63) is 34.1 Å². The van der Waals surface area contributed by atoms with Crippen LogP contribution in [0.2, 0.25) is 0 Å². The van der Waals surface area contributed by atoms with E-state index >= 15 is 0 Å². The van der Waals surface area contributed by atoms with Crippen LogP contribution in [0, 0.1) is 11.2 Å². The second-order valence-corrected chi connectivity index (χ2v) is 6.44. The second kappa shape index (κ2) is 5.68. The number of nitrogens with one attached hydrogen (secondary N) is 1. The van der Waals surface area contributed by atoms with E-state index < -0.39 is 0 Å². The molecule has 1 aliphatic carbocycles. The molecule has 1 aromatic rings. The highest BCUT2D eigenvalue weighted by molar-refractivity contribution is 9.10. The second-order valence-electron chi connectivity index (χ2n) is 5.52. The van der Waals surface area contributed by atoms with Crippen LogP contribution < -0.4 is 11.3 Å². The summed E-state index contributed by atoms with van der Waals surface area (Å²) in [5.74, 6) is 5.52. The van der Waals surface area contributed by atoms with Gasteiger partial charge in [-0.2, -0.15) is 0 Å². The molecule has 2 nitrogen and oxygen atoms in total. The molecule has 0 amide bonds. The van der Waals surface area contributed by atoms with Crippen LogP contribution in [0.1, 0.15) is 38.2 Å². The number of halogens is 2. The maximum Gasteiger partial charge on any atom is 0.127 e. The summed E-state index contributed by atoms with van der Waals surface area (Å²) in [6.07, 6.45) is 5.47. The van der Waals surface area contributed by atoms with Crippen LogP contribution in [0.15, 0.2) is 22.7 Å². The topological polar surface area (TPSA) is 38.0 Å². The fourth-order valence-corrected chi connectivity index (χ4v) is 3.28. The first-order chi connectivity index (χ1) is 8.55. The molecule has 1 aliphatic rings. The SMILES string of the molecule is CC1(C(Cc2ccc(Br)cc2F)NN)CCCC1. The molecule has 100 valence electrons. The van der Waals surface area contributed by atoms with Gasteiger partial charge in [-0.1, -0.05) is 41.8 Å². The van der Waals surface area contributed by atoms with Crippen LogP contribution >= 0.6 is 15.9 Å². The predicted molar refractivity (Wildman–Crippen MR) is 75.5 cm³/mol. The minimum atomic E-state index is -0.161. The number of rotatable bonds is 4. The largest absolute Gasteiger partial charge is 0.271 e. The van der Waals surface area contributed by atoms with E-state index in [1.54, 1.807) is 0 Å². The molecule has 0 spiro atoms. The number of nitrogens with two attached hydrogens (primary N) is 1. The van der Waals surface area contributed by atoms with Crippen LogP contribution in [0.5, 0.6) is 0 Å². The Morgan fingerprint density at radius 1 is 1.44 bits per heavy atom. The van der Waals surface area contributed by atoms with Gasteiger partial charge in [0.2, 0.25) is 0 Å². The smallest absolute Gasteiger partial charge is 0.127 e. The lowest BCUT2D eigenvalue weighted by Crippen LogP contribution is -2.47. The normalized spacial score (nSPS) is 20.0. The molecule has 0 bridgehead atoms. The quantitative estimate of drug-likeness (QED) is 0.659. The van der Waals surface area contributed by atoms with E-state index in [0.717, 1.165) is 10.0 Å². The van der Waals surface area contributed by atoms with Crippen molar-refractivity contribution in [3.8, 4) is 0 Å². The highest BCUT2D eigenvalue weighted by Gasteiger charge is 2.36. The molecule has 1 fully saturated rings. The fourth-order valence-electron chi connectivity index (χ4n) is 2.94. The lowest BCUT2D eigenvalue weighted by atomic mass is 9.78. The van der Waals surface area contributed by atoms with Crippen molar-refractivity contribution < 1.29 is 4.39 Å². The highest BCUT2D eigenvalue weighted by Crippen LogP contribution is 2.41. The summed E-state index contributed by atoms with van der Waals surface area (Å²) >= 11 is 3.28. The van der Waals surface area contributed by atoms with Crippen LogP contribution in [-0.4, -0.2) is 6.04 Å². The fraction of sp³-hybridized carbons (Fsp3) is 0.571. The van der Waals surface area contributed by atoms with Gasteiger partial charge in [-0.3, -0.25) is 11.3 Å². The summed E-state index contributed by atoms with van der Waals surface area (Å²) in [5.41, 5.74) is 3.82. The maximum atomic E-state index is 13.9. The molecule has 0 aliphatic heterocycles. The summed E-state index contributed by atoms with van der Waals surface area (Å²) in [6.45, 7) is 2.25. The van der Waals surface area contributed by atoms with Gasteiger partial charge in [-0.15, -0.1) is 0 Å². The summed E-state index contributed by atoms with van der Waals surface area (Å²) in [4.78, 5) is 0. The lowest BCUT2D eigenvalue weighted by Gasteiger charge is -2.33. The van der Waals surface area contributed by atoms with Gasteiger partial charge in [0, 0.05) is 10.5 Å². The third kappa shape index (κ3) is 2.92. The zero-order chi connectivity index (χ0) is 13.2. The van der Waals surface area contributed by atoms with Gasteiger partial charge < -0.3 is 0 Å². The molecular formula is C14H20BrFN2. The van der Waals surface area contributed by atoms with Gasteiger partial charge in [0.15, 0.2) is 0 Å². The van der Waals surface area contributed by atoms with E-state index in [0.29, 0.717) is 6.42 Å². The van der Waals surface area contributed by atoms with Crippen LogP contribution in [0.25, 0.3) is 0 Å². The Hall–Kier alpha value is -0.450. The third-order valence-corrected chi connectivity index (χ3v) is 4.72. The number of hydrazine groups is 1. The molecule has 0 radical (unpaired) electrons. The number of hydrogen-bond donors (Lipinski definition) is 2. The van der Waals surface area contributed by atoms with E-state index in [1.165, 1.54) is 31.7 Å². The van der Waals surface area contributed by atoms with E-state index in [1.807, 2.05) is 12.1 Å². The minimum absolute atomic E-state index is 0.135. The highest BCUT2D eigenvalue weighted by atomic mass is 79.9. The Morgan fingerprint density at radius 3 is 2.67 bits per heavy atom. The molecule has 0 aromatic heterocycles. The van der Waals surface area contributed by atoms with Gasteiger partial charge in [0.05, 0.1) is 0 Å². The first kappa shape index (κ1) is 14.0. The monoisotopic (exact) mass is 314 g/mol. The van der Waals surface area contributed by atoms with Crippen molar-refractivity contribution in [2.45, 2.75) is 45.1 Å². The average Bonchev–Trinajstić information content (AvgIpc) is 2.76. The maximum absolute atomic E-state index is 13.9. The molecule has 1 saturated carbocycles. The minimum Gasteiger partial charge on any atom is -0.271 e. The molecule has 0 heterocycles. The van der Waals surface area contributed by atoms with Crippen molar-refractivity contribution in [2.75, 3.05) is 0 Å². The van der Waals surface area contributed by atoms with Crippen molar-refractivity contribution in [2.24, 2.45) is 11.3 Å². The van der Waals surface area contributed by atoms with Gasteiger partial charge in [0.1, 0.15) is 5.82 Å². The zero-order valence-corrected chi connectivity index (χ0v) is 12.3. The predicted octanol–water partition coefficient (Wildman–Crippen LogP) is 3.54. The summed E-state index contributed by atoms with van der Waals surface area (Å²) < 4.78 is 14.6. The van der Waals surface area contributed by atoms with Crippen molar-refractivity contribution in [1.82, 2.24) is 5.43 Å². The summed E-state index contributed by atoms with van der Waals surface area (Å²) in [7, 11) is 0. The molecule has 3 N–H and O–H groups in total. The molecular weight excluding hydrogens is 295 g/mol. The Labute approximate surface area is 116 Å². The van der Waals surface area contributed by atoms with Gasteiger partial charge >= 0.3 is 0 Å². The van der Waals surface area contributed by atoms with Crippen molar-refractivity contribution >= 4 is 15.9 Å². The first-order valence-electron chi connectivity index (χ1n) is 6.45. The standard InChI is InChI=1S/C14H20BrFN2/c1-14(6-2-3-7-14)13(18-17)8-10-4-5-11(15)9-12(10)16/h4-5,9,13,18H,2-3,6-8,17H2,1H3. The Morgan fingerprint density at radius 2 is 2.11 bits per heavy atom. The summed E-state index contributed by atoms with van der Waals surface area (Å²) in [6, 6.07) is 5.36. The molecule has 1 aromatic carbocycles. The average molecular weight is 315 g/mol. The van der Waals surface area contributed by atoms with Crippen LogP contribution in [-0.2, 0) is 6.42 Å². The van der Waals surface area contributed by atoms with Gasteiger partial charge in [0.25, 0.3) is 0 Å². The van der Waals surface area contributed by atoms with Crippen LogP contribution in [0.3, 0.4) is 0 Å². The molecule has 18 heavy (non-hydrogen) atoms. The van der Waals surface area contributed by atoms with E-state index in [9.17, 15) is 4.39 Å². The van der Waals surface area contributed by atoms with E-state index in [-0.39, 0.29) is 17.3 Å². The number of benzene rings is 1. The van der Waals surface area contributed by atoms with Crippen LogP contribution in [0.4, 0.5) is 4.39 Å². The Kier molecular flexibility index (Phi) is 4.41. The molecule has 0 saturated heterocycles. The van der Waals surface area contributed by atoms with Crippen molar-refractivity contribution in [1.29, 1.82) is 0 Å². The third-order valence-electron chi connectivity index (χ3n) is 4.23. The summed E-state index contributed by atoms with van der Waals surface area (Å²) in [5, 5.41) is 0. The molecule has 2 rings (SSSR count). The van der Waals surface area contributed by atoms with Crippen molar-refractivity contribution in [3.63, 3.8) is 0 Å². The van der Waals surface area contributed by atoms with Gasteiger partial charge in [-0.25, -0.2) is 4.39 Å².